The molecule has 0 unspecified atom stereocenters. The maximum absolute atomic E-state index is 10.7. The highest BCUT2D eigenvalue weighted by Crippen LogP contribution is 2.29. The second kappa shape index (κ2) is 4.84. The fourth-order valence-corrected chi connectivity index (χ4v) is 2.62. The van der Waals surface area contributed by atoms with E-state index < -0.39 is 0 Å². The molecule has 1 aromatic rings. The molecular weight excluding hydrogens is 216 g/mol. The average molecular weight is 234 g/mol. The second-order valence-corrected chi connectivity index (χ2v) is 5.03. The van der Waals surface area contributed by atoms with Gasteiger partial charge in [-0.3, -0.25) is 10.1 Å². The molecule has 2 rings (SSSR count). The average Bonchev–Trinajstić information content (AvgIpc) is 2.29. The fraction of sp³-hybridized carbons (Fsp3) is 0.538. The van der Waals surface area contributed by atoms with Crippen LogP contribution in [-0.2, 0) is 6.42 Å². The quantitative estimate of drug-likeness (QED) is 0.645. The summed E-state index contributed by atoms with van der Waals surface area (Å²) in [6.07, 6.45) is 6.39. The monoisotopic (exact) mass is 234 g/mol. The zero-order valence-corrected chi connectivity index (χ0v) is 9.89. The third kappa shape index (κ3) is 3.03. The number of nitrogens with two attached hydrogens (primary N) is 1. The fourth-order valence-electron chi connectivity index (χ4n) is 2.62. The number of hydrogen-bond donors (Lipinski definition) is 1. The van der Waals surface area contributed by atoms with Crippen molar-refractivity contribution in [3.05, 3.63) is 39.9 Å². The van der Waals surface area contributed by atoms with Crippen molar-refractivity contribution in [2.24, 2.45) is 5.73 Å². The summed E-state index contributed by atoms with van der Waals surface area (Å²) < 4.78 is 0. The summed E-state index contributed by atoms with van der Waals surface area (Å²) in [7, 11) is 0. The predicted octanol–water partition coefficient (Wildman–Crippen LogP) is 2.80. The standard InChI is InChI=1S/C13H18N2O2/c14-13(7-2-1-3-8-13)10-11-5-4-6-12(9-11)15(16)17/h4-6,9H,1-3,7-8,10,14H2. The Morgan fingerprint density at radius 1 is 1.29 bits per heavy atom. The largest absolute Gasteiger partial charge is 0.325 e. The van der Waals surface area contributed by atoms with Crippen LogP contribution in [0.4, 0.5) is 5.69 Å². The highest BCUT2D eigenvalue weighted by atomic mass is 16.6. The third-order valence-corrected chi connectivity index (χ3v) is 3.53. The minimum atomic E-state index is -0.354. The smallest absolute Gasteiger partial charge is 0.269 e. The number of nitrogens with zero attached hydrogens (tertiary/aromatic N) is 1. The van der Waals surface area contributed by atoms with E-state index >= 15 is 0 Å². The number of nitro benzene ring substituents is 1. The summed E-state index contributed by atoms with van der Waals surface area (Å²) in [6, 6.07) is 6.83. The highest BCUT2D eigenvalue weighted by molar-refractivity contribution is 5.35. The van der Waals surface area contributed by atoms with Crippen molar-refractivity contribution in [2.75, 3.05) is 0 Å². The maximum Gasteiger partial charge on any atom is 0.269 e. The maximum atomic E-state index is 10.7. The van der Waals surface area contributed by atoms with Gasteiger partial charge in [0.25, 0.3) is 5.69 Å². The molecule has 0 bridgehead atoms. The molecule has 0 amide bonds. The number of rotatable bonds is 3. The molecule has 1 aliphatic rings. The molecule has 0 atom stereocenters. The molecule has 0 aliphatic heterocycles. The second-order valence-electron chi connectivity index (χ2n) is 5.03. The van der Waals surface area contributed by atoms with Gasteiger partial charge in [-0.2, -0.15) is 0 Å². The molecule has 1 aromatic carbocycles. The zero-order valence-electron chi connectivity index (χ0n) is 9.89. The lowest BCUT2D eigenvalue weighted by Gasteiger charge is -2.33. The molecule has 0 spiro atoms. The Morgan fingerprint density at radius 3 is 2.65 bits per heavy atom. The first kappa shape index (κ1) is 12.0. The minimum Gasteiger partial charge on any atom is -0.325 e. The highest BCUT2D eigenvalue weighted by Gasteiger charge is 2.27. The summed E-state index contributed by atoms with van der Waals surface area (Å²) in [5, 5.41) is 10.7. The van der Waals surface area contributed by atoms with Gasteiger partial charge in [-0.05, 0) is 24.8 Å². The van der Waals surface area contributed by atoms with E-state index in [1.54, 1.807) is 12.1 Å². The van der Waals surface area contributed by atoms with E-state index in [0.717, 1.165) is 24.8 Å². The van der Waals surface area contributed by atoms with E-state index in [0.29, 0.717) is 0 Å². The molecule has 17 heavy (non-hydrogen) atoms. The summed E-state index contributed by atoms with van der Waals surface area (Å²) in [5.41, 5.74) is 7.32. The number of non-ortho nitro benzene ring substituents is 1. The van der Waals surface area contributed by atoms with E-state index in [4.69, 9.17) is 5.73 Å². The van der Waals surface area contributed by atoms with Gasteiger partial charge < -0.3 is 5.73 Å². The molecule has 1 fully saturated rings. The van der Waals surface area contributed by atoms with Gasteiger partial charge in [0.05, 0.1) is 4.92 Å². The Labute approximate surface area is 101 Å². The lowest BCUT2D eigenvalue weighted by molar-refractivity contribution is -0.384. The SMILES string of the molecule is NC1(Cc2cccc([N+](=O)[O-])c2)CCCCC1. The molecule has 0 heterocycles. The van der Waals surface area contributed by atoms with Crippen molar-refractivity contribution in [2.45, 2.75) is 44.1 Å². The van der Waals surface area contributed by atoms with Gasteiger partial charge in [0.15, 0.2) is 0 Å². The summed E-state index contributed by atoms with van der Waals surface area (Å²) in [6.45, 7) is 0. The zero-order chi connectivity index (χ0) is 12.3. The van der Waals surface area contributed by atoms with E-state index in [9.17, 15) is 10.1 Å². The van der Waals surface area contributed by atoms with Gasteiger partial charge in [-0.25, -0.2) is 0 Å². The Hall–Kier alpha value is -1.42. The topological polar surface area (TPSA) is 69.2 Å². The van der Waals surface area contributed by atoms with Crippen molar-refractivity contribution < 1.29 is 4.92 Å². The van der Waals surface area contributed by atoms with Gasteiger partial charge in [0.1, 0.15) is 0 Å². The molecule has 92 valence electrons. The van der Waals surface area contributed by atoms with Crippen LogP contribution in [0.15, 0.2) is 24.3 Å². The number of benzene rings is 1. The Bertz CT molecular complexity index is 412. The lowest BCUT2D eigenvalue weighted by Crippen LogP contribution is -2.43. The van der Waals surface area contributed by atoms with Crippen LogP contribution in [0, 0.1) is 10.1 Å². The van der Waals surface area contributed by atoms with E-state index in [-0.39, 0.29) is 16.1 Å². The first-order valence-corrected chi connectivity index (χ1v) is 6.11. The Morgan fingerprint density at radius 2 is 2.00 bits per heavy atom. The summed E-state index contributed by atoms with van der Waals surface area (Å²) in [5.74, 6) is 0. The van der Waals surface area contributed by atoms with E-state index in [1.807, 2.05) is 6.07 Å². The van der Waals surface area contributed by atoms with Crippen molar-refractivity contribution in [3.63, 3.8) is 0 Å². The van der Waals surface area contributed by atoms with Crippen molar-refractivity contribution >= 4 is 5.69 Å². The lowest BCUT2D eigenvalue weighted by atomic mass is 9.78. The van der Waals surface area contributed by atoms with Crippen LogP contribution in [0.2, 0.25) is 0 Å². The van der Waals surface area contributed by atoms with Crippen LogP contribution in [0.5, 0.6) is 0 Å². The summed E-state index contributed by atoms with van der Waals surface area (Å²) >= 11 is 0. The Balaban J connectivity index is 2.12. The van der Waals surface area contributed by atoms with Gasteiger partial charge in [0.2, 0.25) is 0 Å². The molecule has 1 aliphatic carbocycles. The molecule has 4 heteroatoms. The van der Waals surface area contributed by atoms with Crippen LogP contribution < -0.4 is 5.73 Å². The van der Waals surface area contributed by atoms with Crippen molar-refractivity contribution in [1.82, 2.24) is 0 Å². The van der Waals surface area contributed by atoms with Crippen LogP contribution in [-0.4, -0.2) is 10.5 Å². The summed E-state index contributed by atoms with van der Waals surface area (Å²) in [4.78, 5) is 10.3. The molecular formula is C13H18N2O2. The predicted molar refractivity (Wildman–Crippen MR) is 66.8 cm³/mol. The van der Waals surface area contributed by atoms with E-state index in [2.05, 4.69) is 0 Å². The normalized spacial score (nSPS) is 18.9. The molecule has 4 nitrogen and oxygen atoms in total. The van der Waals surface area contributed by atoms with Crippen LogP contribution >= 0.6 is 0 Å². The van der Waals surface area contributed by atoms with Crippen molar-refractivity contribution in [1.29, 1.82) is 0 Å². The Kier molecular flexibility index (Phi) is 3.43. The minimum absolute atomic E-state index is 0.155. The molecule has 0 aromatic heterocycles. The first-order valence-electron chi connectivity index (χ1n) is 6.11. The van der Waals surface area contributed by atoms with Gasteiger partial charge in [-0.1, -0.05) is 31.4 Å². The molecule has 0 saturated heterocycles. The number of nitro groups is 1. The number of hydrogen-bond acceptors (Lipinski definition) is 3. The van der Waals surface area contributed by atoms with Crippen molar-refractivity contribution in [3.8, 4) is 0 Å². The van der Waals surface area contributed by atoms with Crippen LogP contribution in [0.3, 0.4) is 0 Å². The van der Waals surface area contributed by atoms with Gasteiger partial charge in [-0.15, -0.1) is 0 Å². The van der Waals surface area contributed by atoms with Crippen LogP contribution in [0.25, 0.3) is 0 Å². The molecule has 2 N–H and O–H groups in total. The molecule has 0 radical (unpaired) electrons. The van der Waals surface area contributed by atoms with Crippen LogP contribution in [0.1, 0.15) is 37.7 Å². The van der Waals surface area contributed by atoms with E-state index in [1.165, 1.54) is 25.3 Å². The third-order valence-electron chi connectivity index (χ3n) is 3.53. The van der Waals surface area contributed by atoms with Gasteiger partial charge in [0, 0.05) is 17.7 Å². The van der Waals surface area contributed by atoms with Gasteiger partial charge >= 0.3 is 0 Å². The molecule has 1 saturated carbocycles. The first-order chi connectivity index (χ1) is 8.09.